The Morgan fingerprint density at radius 1 is 1.41 bits per heavy atom. The van der Waals surface area contributed by atoms with Gasteiger partial charge in [-0.15, -0.1) is 0 Å². The molecule has 1 aromatic rings. The van der Waals surface area contributed by atoms with E-state index in [2.05, 4.69) is 69.4 Å². The van der Waals surface area contributed by atoms with Crippen molar-refractivity contribution in [1.29, 1.82) is 0 Å². The molecule has 0 aromatic carbocycles. The van der Waals surface area contributed by atoms with Crippen LogP contribution in [0, 0.1) is 0 Å². The van der Waals surface area contributed by atoms with Gasteiger partial charge in [-0.05, 0) is 43.9 Å². The topological polar surface area (TPSA) is 53.1 Å². The monoisotopic (exact) mass is 301 g/mol. The van der Waals surface area contributed by atoms with Crippen LogP contribution in [0.2, 0.25) is 0 Å². The molecule has 0 saturated heterocycles. The Labute approximate surface area is 111 Å². The van der Waals surface area contributed by atoms with E-state index in [1.54, 1.807) is 13.2 Å². The molecule has 0 aliphatic rings. The van der Waals surface area contributed by atoms with Gasteiger partial charge in [-0.1, -0.05) is 0 Å². The number of hydrogen-bond donors (Lipinski definition) is 2. The predicted octanol–water partition coefficient (Wildman–Crippen LogP) is 2.03. The summed E-state index contributed by atoms with van der Waals surface area (Å²) in [5, 5.41) is 6.25. The summed E-state index contributed by atoms with van der Waals surface area (Å²) in [7, 11) is 5.93. The lowest BCUT2D eigenvalue weighted by Crippen LogP contribution is -2.44. The van der Waals surface area contributed by atoms with E-state index in [-0.39, 0.29) is 5.54 Å². The lowest BCUT2D eigenvalue weighted by atomic mass is 10.0. The predicted molar refractivity (Wildman–Crippen MR) is 75.5 cm³/mol. The molecule has 0 bridgehead atoms. The van der Waals surface area contributed by atoms with Crippen LogP contribution < -0.4 is 10.6 Å². The van der Waals surface area contributed by atoms with E-state index in [9.17, 15) is 0 Å². The van der Waals surface area contributed by atoms with E-state index in [0.717, 1.165) is 16.8 Å². The zero-order valence-electron chi connectivity index (χ0n) is 11.0. The second kappa shape index (κ2) is 5.64. The Kier molecular flexibility index (Phi) is 4.70. The van der Waals surface area contributed by atoms with Crippen LogP contribution >= 0.6 is 15.9 Å². The van der Waals surface area contributed by atoms with E-state index >= 15 is 0 Å². The highest BCUT2D eigenvalue weighted by Gasteiger charge is 2.20. The number of halogens is 1. The summed E-state index contributed by atoms with van der Waals surface area (Å²) in [6, 6.07) is 0. The molecule has 1 rings (SSSR count). The summed E-state index contributed by atoms with van der Waals surface area (Å²) in [5.74, 6) is 1.41. The van der Waals surface area contributed by atoms with E-state index in [1.807, 2.05) is 0 Å². The Morgan fingerprint density at radius 3 is 2.59 bits per heavy atom. The Bertz CT molecular complexity index is 378. The van der Waals surface area contributed by atoms with Gasteiger partial charge < -0.3 is 15.5 Å². The second-order valence-corrected chi connectivity index (χ2v) is 5.55. The molecule has 17 heavy (non-hydrogen) atoms. The van der Waals surface area contributed by atoms with Crippen molar-refractivity contribution in [1.82, 2.24) is 14.9 Å². The Morgan fingerprint density at radius 2 is 2.06 bits per heavy atom. The fraction of sp³-hybridized carbons (Fsp3) is 0.636. The normalized spacial score (nSPS) is 11.7. The van der Waals surface area contributed by atoms with E-state index in [0.29, 0.717) is 5.95 Å². The van der Waals surface area contributed by atoms with E-state index in [4.69, 9.17) is 0 Å². The minimum absolute atomic E-state index is 0.0597. The summed E-state index contributed by atoms with van der Waals surface area (Å²) >= 11 is 3.44. The highest BCUT2D eigenvalue weighted by Crippen LogP contribution is 2.21. The average molecular weight is 302 g/mol. The van der Waals surface area contributed by atoms with Crippen molar-refractivity contribution in [3.8, 4) is 0 Å². The van der Waals surface area contributed by atoms with Crippen LogP contribution in [-0.2, 0) is 0 Å². The molecule has 0 saturated carbocycles. The molecular weight excluding hydrogens is 282 g/mol. The standard InChI is InChI=1S/C11H20BrN5/c1-11(2,17(4)5)7-15-9-8(12)6-14-10(13-3)16-9/h6H,7H2,1-5H3,(H2,13,14,15,16). The minimum atomic E-state index is 0.0597. The van der Waals surface area contributed by atoms with Crippen molar-refractivity contribution < 1.29 is 0 Å². The van der Waals surface area contributed by atoms with Crippen molar-refractivity contribution in [2.75, 3.05) is 38.3 Å². The van der Waals surface area contributed by atoms with Crippen LogP contribution in [0.4, 0.5) is 11.8 Å². The molecule has 0 aliphatic carbocycles. The second-order valence-electron chi connectivity index (χ2n) is 4.70. The van der Waals surface area contributed by atoms with Crippen molar-refractivity contribution in [2.45, 2.75) is 19.4 Å². The largest absolute Gasteiger partial charge is 0.367 e. The molecule has 0 amide bonds. The Hall–Kier alpha value is -0.880. The summed E-state index contributed by atoms with van der Waals surface area (Å²) in [6.45, 7) is 5.15. The van der Waals surface area contributed by atoms with Crippen LogP contribution in [-0.4, -0.2) is 48.1 Å². The molecule has 1 heterocycles. The van der Waals surface area contributed by atoms with E-state index < -0.39 is 0 Å². The zero-order valence-corrected chi connectivity index (χ0v) is 12.6. The maximum absolute atomic E-state index is 4.35. The van der Waals surface area contributed by atoms with Crippen LogP contribution in [0.15, 0.2) is 10.7 Å². The molecule has 0 unspecified atom stereocenters. The maximum Gasteiger partial charge on any atom is 0.224 e. The molecule has 0 fully saturated rings. The zero-order chi connectivity index (χ0) is 13.1. The first-order valence-corrected chi connectivity index (χ1v) is 6.27. The van der Waals surface area contributed by atoms with Gasteiger partial charge in [0.25, 0.3) is 0 Å². The number of hydrogen-bond acceptors (Lipinski definition) is 5. The number of likely N-dealkylation sites (N-methyl/N-ethyl adjacent to an activating group) is 1. The van der Waals surface area contributed by atoms with Gasteiger partial charge in [0.1, 0.15) is 5.82 Å². The quantitative estimate of drug-likeness (QED) is 0.871. The maximum atomic E-state index is 4.35. The Balaban J connectivity index is 2.75. The van der Waals surface area contributed by atoms with Gasteiger partial charge in [0.05, 0.1) is 4.47 Å². The SMILES string of the molecule is CNc1ncc(Br)c(NCC(C)(C)N(C)C)n1. The molecule has 6 heteroatoms. The number of nitrogens with one attached hydrogen (secondary N) is 2. The average Bonchev–Trinajstić information content (AvgIpc) is 2.28. The number of anilines is 2. The molecule has 5 nitrogen and oxygen atoms in total. The highest BCUT2D eigenvalue weighted by molar-refractivity contribution is 9.10. The first-order chi connectivity index (χ1) is 7.86. The molecular formula is C11H20BrN5. The van der Waals surface area contributed by atoms with Crippen molar-refractivity contribution in [3.63, 3.8) is 0 Å². The van der Waals surface area contributed by atoms with Crippen molar-refractivity contribution in [2.24, 2.45) is 0 Å². The molecule has 0 aliphatic heterocycles. The minimum Gasteiger partial charge on any atom is -0.367 e. The van der Waals surface area contributed by atoms with Crippen LogP contribution in [0.1, 0.15) is 13.8 Å². The molecule has 1 aromatic heterocycles. The van der Waals surface area contributed by atoms with Crippen molar-refractivity contribution in [3.05, 3.63) is 10.7 Å². The highest BCUT2D eigenvalue weighted by atomic mass is 79.9. The van der Waals surface area contributed by atoms with Gasteiger partial charge in [0.15, 0.2) is 0 Å². The van der Waals surface area contributed by atoms with Crippen LogP contribution in [0.5, 0.6) is 0 Å². The van der Waals surface area contributed by atoms with Gasteiger partial charge in [-0.2, -0.15) is 4.98 Å². The van der Waals surface area contributed by atoms with Crippen LogP contribution in [0.25, 0.3) is 0 Å². The van der Waals surface area contributed by atoms with E-state index in [1.165, 1.54) is 0 Å². The molecule has 0 atom stereocenters. The lowest BCUT2D eigenvalue weighted by Gasteiger charge is -2.32. The third-order valence-electron chi connectivity index (χ3n) is 2.87. The molecule has 96 valence electrons. The molecule has 0 spiro atoms. The van der Waals surface area contributed by atoms with Crippen molar-refractivity contribution >= 4 is 27.7 Å². The third kappa shape index (κ3) is 3.81. The number of aromatic nitrogens is 2. The van der Waals surface area contributed by atoms with Gasteiger partial charge in [-0.25, -0.2) is 4.98 Å². The molecule has 2 N–H and O–H groups in total. The van der Waals surface area contributed by atoms with Crippen LogP contribution in [0.3, 0.4) is 0 Å². The first-order valence-electron chi connectivity index (χ1n) is 5.48. The first kappa shape index (κ1) is 14.2. The van der Waals surface area contributed by atoms with Gasteiger partial charge in [0, 0.05) is 25.3 Å². The molecule has 0 radical (unpaired) electrons. The summed E-state index contributed by atoms with van der Waals surface area (Å²) < 4.78 is 0.867. The fourth-order valence-corrected chi connectivity index (χ4v) is 1.40. The fourth-order valence-electron chi connectivity index (χ4n) is 1.07. The smallest absolute Gasteiger partial charge is 0.224 e. The van der Waals surface area contributed by atoms with Gasteiger partial charge in [-0.3, -0.25) is 0 Å². The summed E-state index contributed by atoms with van der Waals surface area (Å²) in [6.07, 6.45) is 1.74. The van der Waals surface area contributed by atoms with Gasteiger partial charge >= 0.3 is 0 Å². The number of nitrogens with zero attached hydrogens (tertiary/aromatic N) is 3. The van der Waals surface area contributed by atoms with Gasteiger partial charge in [0.2, 0.25) is 5.95 Å². The third-order valence-corrected chi connectivity index (χ3v) is 3.45. The lowest BCUT2D eigenvalue weighted by molar-refractivity contribution is 0.210. The summed E-state index contributed by atoms with van der Waals surface area (Å²) in [4.78, 5) is 10.6. The number of rotatable bonds is 5. The summed E-state index contributed by atoms with van der Waals surface area (Å²) in [5.41, 5.74) is 0.0597.